The van der Waals surface area contributed by atoms with Crippen LogP contribution in [0.5, 0.6) is 0 Å². The van der Waals surface area contributed by atoms with Crippen LogP contribution in [0.2, 0.25) is 10.0 Å². The van der Waals surface area contributed by atoms with Crippen molar-refractivity contribution in [1.29, 1.82) is 0 Å². The number of rotatable bonds is 3. The fourth-order valence-electron chi connectivity index (χ4n) is 2.42. The molecule has 2 rings (SSSR count). The van der Waals surface area contributed by atoms with E-state index in [9.17, 15) is 0 Å². The minimum atomic E-state index is 0.108. The molecule has 1 aromatic carbocycles. The third-order valence-electron chi connectivity index (χ3n) is 3.20. The van der Waals surface area contributed by atoms with Gasteiger partial charge in [-0.2, -0.15) is 0 Å². The van der Waals surface area contributed by atoms with E-state index < -0.39 is 0 Å². The van der Waals surface area contributed by atoms with Gasteiger partial charge < -0.3 is 5.32 Å². The summed E-state index contributed by atoms with van der Waals surface area (Å²) in [5.41, 5.74) is 1.30. The molecule has 1 N–H and O–H groups in total. The Kier molecular flexibility index (Phi) is 3.58. The molecular weight excluding hydrogens is 241 g/mol. The molecule has 1 aliphatic carbocycles. The maximum absolute atomic E-state index is 6.29. The Balaban J connectivity index is 2.39. The Morgan fingerprint density at radius 1 is 1.25 bits per heavy atom. The van der Waals surface area contributed by atoms with Crippen LogP contribution in [0.15, 0.2) is 30.4 Å². The number of hydrogen-bond donors (Lipinski definition) is 1. The zero-order valence-corrected chi connectivity index (χ0v) is 10.8. The highest BCUT2D eigenvalue weighted by molar-refractivity contribution is 6.35. The maximum Gasteiger partial charge on any atom is 0.0459 e. The van der Waals surface area contributed by atoms with Gasteiger partial charge >= 0.3 is 0 Å². The third-order valence-corrected chi connectivity index (χ3v) is 3.75. The first-order chi connectivity index (χ1) is 7.68. The van der Waals surface area contributed by atoms with E-state index in [1.54, 1.807) is 0 Å². The second kappa shape index (κ2) is 4.79. The first-order valence-corrected chi connectivity index (χ1v) is 6.19. The first-order valence-electron chi connectivity index (χ1n) is 5.43. The lowest BCUT2D eigenvalue weighted by Gasteiger charge is -2.30. The number of nitrogens with one attached hydrogen (secondary N) is 1. The Hall–Kier alpha value is -0.500. The molecule has 86 valence electrons. The van der Waals surface area contributed by atoms with Crippen molar-refractivity contribution in [2.75, 3.05) is 13.6 Å². The van der Waals surface area contributed by atoms with Gasteiger partial charge in [-0.05, 0) is 37.6 Å². The smallest absolute Gasteiger partial charge is 0.0459 e. The summed E-state index contributed by atoms with van der Waals surface area (Å²) in [7, 11) is 1.98. The van der Waals surface area contributed by atoms with Crippen molar-refractivity contribution >= 4 is 23.2 Å². The molecule has 0 aromatic heterocycles. The molecule has 1 nitrogen and oxygen atoms in total. The molecule has 1 aliphatic rings. The van der Waals surface area contributed by atoms with Crippen LogP contribution >= 0.6 is 23.2 Å². The minimum absolute atomic E-state index is 0.108. The van der Waals surface area contributed by atoms with E-state index in [0.29, 0.717) is 5.02 Å². The molecule has 0 heterocycles. The van der Waals surface area contributed by atoms with Gasteiger partial charge in [0.1, 0.15) is 0 Å². The quantitative estimate of drug-likeness (QED) is 0.811. The predicted molar refractivity (Wildman–Crippen MR) is 70.4 cm³/mol. The highest BCUT2D eigenvalue weighted by atomic mass is 35.5. The summed E-state index contributed by atoms with van der Waals surface area (Å²) in [6.07, 6.45) is 6.52. The lowest BCUT2D eigenvalue weighted by atomic mass is 9.78. The van der Waals surface area contributed by atoms with Crippen molar-refractivity contribution in [2.45, 2.75) is 18.3 Å². The average Bonchev–Trinajstić information content (AvgIpc) is 2.67. The van der Waals surface area contributed by atoms with Crippen LogP contribution in [-0.4, -0.2) is 13.6 Å². The summed E-state index contributed by atoms with van der Waals surface area (Å²) < 4.78 is 0. The second-order valence-electron chi connectivity index (χ2n) is 4.31. The summed E-state index contributed by atoms with van der Waals surface area (Å²) in [5.74, 6) is 0. The normalized spacial score (nSPS) is 17.9. The molecule has 0 bridgehead atoms. The molecule has 16 heavy (non-hydrogen) atoms. The molecule has 0 atom stereocenters. The van der Waals surface area contributed by atoms with Crippen molar-refractivity contribution in [3.8, 4) is 0 Å². The van der Waals surface area contributed by atoms with Crippen LogP contribution in [0.3, 0.4) is 0 Å². The van der Waals surface area contributed by atoms with Crippen molar-refractivity contribution < 1.29 is 0 Å². The predicted octanol–water partition coefficient (Wildman–Crippen LogP) is 3.80. The minimum Gasteiger partial charge on any atom is -0.319 e. The zero-order valence-electron chi connectivity index (χ0n) is 9.26. The van der Waals surface area contributed by atoms with Crippen LogP contribution in [0.1, 0.15) is 18.4 Å². The van der Waals surface area contributed by atoms with Crippen LogP contribution in [0.4, 0.5) is 0 Å². The van der Waals surface area contributed by atoms with E-state index in [1.807, 2.05) is 19.2 Å². The van der Waals surface area contributed by atoms with E-state index in [-0.39, 0.29) is 5.41 Å². The van der Waals surface area contributed by atoms with Crippen LogP contribution in [0.25, 0.3) is 0 Å². The van der Waals surface area contributed by atoms with Crippen LogP contribution in [-0.2, 0) is 5.41 Å². The van der Waals surface area contributed by atoms with E-state index in [4.69, 9.17) is 23.2 Å². The monoisotopic (exact) mass is 255 g/mol. The number of hydrogen-bond acceptors (Lipinski definition) is 1. The molecule has 0 aliphatic heterocycles. The highest BCUT2D eigenvalue weighted by Crippen LogP contribution is 2.40. The summed E-state index contributed by atoms with van der Waals surface area (Å²) in [5, 5.41) is 4.72. The maximum atomic E-state index is 6.29. The second-order valence-corrected chi connectivity index (χ2v) is 5.16. The van der Waals surface area contributed by atoms with Gasteiger partial charge in [0.15, 0.2) is 0 Å². The van der Waals surface area contributed by atoms with Crippen molar-refractivity contribution in [1.82, 2.24) is 5.32 Å². The molecule has 1 aromatic rings. The molecule has 0 fully saturated rings. The molecule has 0 unspecified atom stereocenters. The molecular formula is C13H15Cl2N. The van der Waals surface area contributed by atoms with Gasteiger partial charge in [-0.25, -0.2) is 0 Å². The van der Waals surface area contributed by atoms with Gasteiger partial charge in [0.2, 0.25) is 0 Å². The van der Waals surface area contributed by atoms with Gasteiger partial charge in [-0.3, -0.25) is 0 Å². The van der Waals surface area contributed by atoms with Crippen molar-refractivity contribution in [3.63, 3.8) is 0 Å². The van der Waals surface area contributed by atoms with E-state index in [1.165, 1.54) is 5.56 Å². The summed E-state index contributed by atoms with van der Waals surface area (Å²) in [6, 6.07) is 5.79. The van der Waals surface area contributed by atoms with Crippen molar-refractivity contribution in [3.05, 3.63) is 46.0 Å². The third kappa shape index (κ3) is 2.13. The zero-order chi connectivity index (χ0) is 11.6. The lowest BCUT2D eigenvalue weighted by Crippen LogP contribution is -2.34. The highest BCUT2D eigenvalue weighted by Gasteiger charge is 2.33. The lowest BCUT2D eigenvalue weighted by molar-refractivity contribution is 0.436. The van der Waals surface area contributed by atoms with E-state index in [0.717, 1.165) is 24.4 Å². The number of allylic oxidation sites excluding steroid dienone is 2. The fraction of sp³-hybridized carbons (Fsp3) is 0.385. The summed E-state index contributed by atoms with van der Waals surface area (Å²) >= 11 is 12.2. The van der Waals surface area contributed by atoms with E-state index >= 15 is 0 Å². The number of halogens is 2. The van der Waals surface area contributed by atoms with Gasteiger partial charge in [0.05, 0.1) is 0 Å². The topological polar surface area (TPSA) is 12.0 Å². The molecule has 0 saturated heterocycles. The van der Waals surface area contributed by atoms with Gasteiger partial charge in [-0.15, -0.1) is 0 Å². The van der Waals surface area contributed by atoms with Gasteiger partial charge in [0.25, 0.3) is 0 Å². The van der Waals surface area contributed by atoms with Gasteiger partial charge in [-0.1, -0.05) is 41.4 Å². The first kappa shape index (κ1) is 12.0. The van der Waals surface area contributed by atoms with E-state index in [2.05, 4.69) is 23.5 Å². The van der Waals surface area contributed by atoms with Crippen molar-refractivity contribution in [2.24, 2.45) is 0 Å². The standard InChI is InChI=1S/C13H15Cl2N/c1-16-9-13(6-2-3-7-13)11-5-4-10(14)8-12(11)15/h2-5,8,16H,6-7,9H2,1H3. The molecule has 3 heteroatoms. The molecule has 0 radical (unpaired) electrons. The van der Waals surface area contributed by atoms with Crippen LogP contribution < -0.4 is 5.32 Å². The van der Waals surface area contributed by atoms with Crippen LogP contribution in [0, 0.1) is 0 Å². The largest absolute Gasteiger partial charge is 0.319 e. The summed E-state index contributed by atoms with van der Waals surface area (Å²) in [6.45, 7) is 0.932. The number of benzene rings is 1. The molecule has 0 saturated carbocycles. The fourth-order valence-corrected chi connectivity index (χ4v) is 3.03. The Morgan fingerprint density at radius 2 is 1.94 bits per heavy atom. The Morgan fingerprint density at radius 3 is 2.50 bits per heavy atom. The summed E-state index contributed by atoms with van der Waals surface area (Å²) in [4.78, 5) is 0. The molecule has 0 spiro atoms. The Bertz CT molecular complexity index is 404. The number of likely N-dealkylation sites (N-methyl/N-ethyl adjacent to an activating group) is 1. The Labute approximate surface area is 106 Å². The molecule has 0 amide bonds. The van der Waals surface area contributed by atoms with Gasteiger partial charge in [0, 0.05) is 22.0 Å². The average molecular weight is 256 g/mol. The SMILES string of the molecule is CNCC1(c2ccc(Cl)cc2Cl)CC=CC1.